The summed E-state index contributed by atoms with van der Waals surface area (Å²) >= 11 is 17.9. The van der Waals surface area contributed by atoms with Gasteiger partial charge in [0.25, 0.3) is 15.9 Å². The summed E-state index contributed by atoms with van der Waals surface area (Å²) in [5.74, 6) is -0.435. The van der Waals surface area contributed by atoms with Gasteiger partial charge in [-0.3, -0.25) is 9.52 Å². The molecule has 0 bridgehead atoms. The van der Waals surface area contributed by atoms with Gasteiger partial charge in [-0.15, -0.1) is 0 Å². The molecule has 0 radical (unpaired) electrons. The van der Waals surface area contributed by atoms with Gasteiger partial charge in [-0.1, -0.05) is 40.9 Å². The van der Waals surface area contributed by atoms with Gasteiger partial charge in [-0.05, 0) is 67.1 Å². The monoisotopic (exact) mass is 468 g/mol. The molecular weight excluding hydrogens is 455 g/mol. The third kappa shape index (κ3) is 5.03. The highest BCUT2D eigenvalue weighted by Gasteiger charge is 2.17. The summed E-state index contributed by atoms with van der Waals surface area (Å²) in [7, 11) is -3.82. The van der Waals surface area contributed by atoms with Crippen LogP contribution in [-0.4, -0.2) is 14.3 Å². The number of benzene rings is 3. The van der Waals surface area contributed by atoms with E-state index in [9.17, 15) is 13.2 Å². The van der Waals surface area contributed by atoms with Crippen LogP contribution in [0.1, 0.15) is 15.9 Å². The fourth-order valence-electron chi connectivity index (χ4n) is 2.51. The number of sulfonamides is 1. The van der Waals surface area contributed by atoms with E-state index in [1.54, 1.807) is 31.2 Å². The minimum atomic E-state index is -3.82. The Hall–Kier alpha value is -2.25. The lowest BCUT2D eigenvalue weighted by atomic mass is 10.2. The molecule has 150 valence electrons. The molecule has 0 spiro atoms. The zero-order valence-electron chi connectivity index (χ0n) is 15.0. The second-order valence-electron chi connectivity index (χ2n) is 6.12. The topological polar surface area (TPSA) is 75.3 Å². The standard InChI is InChI=1S/C20H15Cl3N2O3S/c1-12-17(22)3-2-4-19(12)25-29(27,28)15-8-6-14(7-9-15)24-20(26)16-10-5-13(21)11-18(16)23/h2-11,25H,1H3,(H,24,26). The highest BCUT2D eigenvalue weighted by molar-refractivity contribution is 7.92. The Bertz CT molecular complexity index is 1180. The van der Waals surface area contributed by atoms with Crippen molar-refractivity contribution >= 4 is 62.1 Å². The molecule has 9 heteroatoms. The van der Waals surface area contributed by atoms with E-state index in [-0.39, 0.29) is 15.5 Å². The smallest absolute Gasteiger partial charge is 0.261 e. The van der Waals surface area contributed by atoms with Crippen LogP contribution in [0, 0.1) is 6.92 Å². The number of nitrogens with one attached hydrogen (secondary N) is 2. The van der Waals surface area contributed by atoms with E-state index in [4.69, 9.17) is 34.8 Å². The van der Waals surface area contributed by atoms with Crippen LogP contribution >= 0.6 is 34.8 Å². The maximum atomic E-state index is 12.6. The van der Waals surface area contributed by atoms with Gasteiger partial charge in [0, 0.05) is 15.7 Å². The molecule has 3 aromatic rings. The first-order chi connectivity index (χ1) is 13.7. The first-order valence-corrected chi connectivity index (χ1v) is 10.9. The number of hydrogen-bond donors (Lipinski definition) is 2. The molecule has 0 aliphatic carbocycles. The number of rotatable bonds is 5. The molecule has 0 aromatic heterocycles. The maximum Gasteiger partial charge on any atom is 0.261 e. The van der Waals surface area contributed by atoms with Gasteiger partial charge in [0.2, 0.25) is 0 Å². The van der Waals surface area contributed by atoms with Gasteiger partial charge in [-0.25, -0.2) is 8.42 Å². The molecule has 0 aliphatic rings. The Morgan fingerprint density at radius 3 is 2.24 bits per heavy atom. The Morgan fingerprint density at radius 1 is 0.897 bits per heavy atom. The number of carbonyl (C=O) groups is 1. The van der Waals surface area contributed by atoms with Gasteiger partial charge in [0.05, 0.1) is 21.2 Å². The molecule has 3 aromatic carbocycles. The van der Waals surface area contributed by atoms with Crippen molar-refractivity contribution in [2.45, 2.75) is 11.8 Å². The van der Waals surface area contributed by atoms with Gasteiger partial charge in [0.15, 0.2) is 0 Å². The maximum absolute atomic E-state index is 12.6. The lowest BCUT2D eigenvalue weighted by molar-refractivity contribution is 0.102. The van der Waals surface area contributed by atoms with Crippen LogP contribution in [0.25, 0.3) is 0 Å². The van der Waals surface area contributed by atoms with E-state index in [2.05, 4.69) is 10.0 Å². The van der Waals surface area contributed by atoms with Gasteiger partial charge < -0.3 is 5.32 Å². The summed E-state index contributed by atoms with van der Waals surface area (Å²) in [5, 5.41) is 3.76. The number of hydrogen-bond acceptors (Lipinski definition) is 3. The van der Waals surface area contributed by atoms with Crippen molar-refractivity contribution < 1.29 is 13.2 Å². The van der Waals surface area contributed by atoms with Crippen LogP contribution in [-0.2, 0) is 10.0 Å². The molecule has 0 saturated carbocycles. The van der Waals surface area contributed by atoms with E-state index in [1.807, 2.05) is 0 Å². The van der Waals surface area contributed by atoms with E-state index >= 15 is 0 Å². The Morgan fingerprint density at radius 2 is 1.59 bits per heavy atom. The summed E-state index contributed by atoms with van der Waals surface area (Å²) in [6.45, 7) is 1.72. The molecule has 5 nitrogen and oxygen atoms in total. The lowest BCUT2D eigenvalue weighted by Gasteiger charge is -2.12. The van der Waals surface area contributed by atoms with Gasteiger partial charge >= 0.3 is 0 Å². The molecule has 0 saturated heterocycles. The Labute approximate surface area is 183 Å². The van der Waals surface area contributed by atoms with Crippen LogP contribution in [0.15, 0.2) is 65.6 Å². The second kappa shape index (κ2) is 8.63. The largest absolute Gasteiger partial charge is 0.322 e. The molecule has 2 N–H and O–H groups in total. The minimum absolute atomic E-state index is 0.0411. The van der Waals surface area contributed by atoms with Crippen molar-refractivity contribution in [3.05, 3.63) is 86.9 Å². The molecule has 3 rings (SSSR count). The number of anilines is 2. The molecule has 0 fully saturated rings. The third-order valence-corrected chi connectivity index (χ3v) is 6.45. The van der Waals surface area contributed by atoms with Crippen molar-refractivity contribution in [2.75, 3.05) is 10.0 Å². The number of halogens is 3. The summed E-state index contributed by atoms with van der Waals surface area (Å²) in [5.41, 5.74) is 1.69. The van der Waals surface area contributed by atoms with Crippen LogP contribution in [0.5, 0.6) is 0 Å². The minimum Gasteiger partial charge on any atom is -0.322 e. The average Bonchev–Trinajstić information content (AvgIpc) is 2.65. The van der Waals surface area contributed by atoms with Gasteiger partial charge in [-0.2, -0.15) is 0 Å². The number of carbonyl (C=O) groups excluding carboxylic acids is 1. The predicted molar refractivity (Wildman–Crippen MR) is 118 cm³/mol. The highest BCUT2D eigenvalue weighted by Crippen LogP contribution is 2.26. The quantitative estimate of drug-likeness (QED) is 0.480. The molecule has 0 unspecified atom stereocenters. The van der Waals surface area contributed by atoms with Crippen molar-refractivity contribution in [2.24, 2.45) is 0 Å². The van der Waals surface area contributed by atoms with Crippen LogP contribution in [0.2, 0.25) is 15.1 Å². The van der Waals surface area contributed by atoms with Crippen molar-refractivity contribution in [3.63, 3.8) is 0 Å². The third-order valence-electron chi connectivity index (χ3n) is 4.11. The Kier molecular flexibility index (Phi) is 6.39. The second-order valence-corrected chi connectivity index (χ2v) is 9.05. The van der Waals surface area contributed by atoms with E-state index in [0.717, 1.165) is 0 Å². The Balaban J connectivity index is 1.77. The van der Waals surface area contributed by atoms with Gasteiger partial charge in [0.1, 0.15) is 0 Å². The van der Waals surface area contributed by atoms with Crippen molar-refractivity contribution in [1.82, 2.24) is 0 Å². The summed E-state index contributed by atoms with van der Waals surface area (Å²) < 4.78 is 27.8. The molecule has 29 heavy (non-hydrogen) atoms. The van der Waals surface area contributed by atoms with Crippen LogP contribution in [0.4, 0.5) is 11.4 Å². The SMILES string of the molecule is Cc1c(Cl)cccc1NS(=O)(=O)c1ccc(NC(=O)c2ccc(Cl)cc2Cl)cc1. The normalized spacial score (nSPS) is 11.2. The summed E-state index contributed by atoms with van der Waals surface area (Å²) in [6.07, 6.45) is 0. The molecular formula is C20H15Cl3N2O3S. The molecule has 1 amide bonds. The molecule has 0 atom stereocenters. The van der Waals surface area contributed by atoms with E-state index in [0.29, 0.717) is 27.0 Å². The lowest BCUT2D eigenvalue weighted by Crippen LogP contribution is -2.15. The van der Waals surface area contributed by atoms with Crippen LogP contribution in [0.3, 0.4) is 0 Å². The number of amides is 1. The molecule has 0 aliphatic heterocycles. The zero-order chi connectivity index (χ0) is 21.2. The molecule has 0 heterocycles. The summed E-state index contributed by atoms with van der Waals surface area (Å²) in [6, 6.07) is 15.3. The fourth-order valence-corrected chi connectivity index (χ4v) is 4.30. The highest BCUT2D eigenvalue weighted by atomic mass is 35.5. The van der Waals surface area contributed by atoms with E-state index in [1.165, 1.54) is 36.4 Å². The first-order valence-electron chi connectivity index (χ1n) is 8.32. The van der Waals surface area contributed by atoms with Crippen molar-refractivity contribution in [1.29, 1.82) is 0 Å². The van der Waals surface area contributed by atoms with E-state index < -0.39 is 15.9 Å². The van der Waals surface area contributed by atoms with Crippen LogP contribution < -0.4 is 10.0 Å². The average molecular weight is 470 g/mol. The fraction of sp³-hybridized carbons (Fsp3) is 0.0500. The predicted octanol–water partition coefficient (Wildman–Crippen LogP) is 6.01. The first kappa shape index (κ1) is 21.5. The zero-order valence-corrected chi connectivity index (χ0v) is 18.1. The van der Waals surface area contributed by atoms with Crippen molar-refractivity contribution in [3.8, 4) is 0 Å². The summed E-state index contributed by atoms with van der Waals surface area (Å²) in [4.78, 5) is 12.4.